The van der Waals surface area contributed by atoms with Gasteiger partial charge < -0.3 is 20.3 Å². The third-order valence-electron chi connectivity index (χ3n) is 6.79. The zero-order valence-electron chi connectivity index (χ0n) is 20.0. The number of ketones is 1. The second-order valence-corrected chi connectivity index (χ2v) is 9.69. The summed E-state index contributed by atoms with van der Waals surface area (Å²) in [7, 11) is 1.64. The molecule has 33 heavy (non-hydrogen) atoms. The van der Waals surface area contributed by atoms with E-state index in [9.17, 15) is 23.9 Å². The number of Topliss-reactive ketones (excluding diaryl/α,β-unsaturated/α-hetero) is 1. The average molecular weight is 458 g/mol. The first-order valence-corrected chi connectivity index (χ1v) is 11.1. The van der Waals surface area contributed by atoms with Gasteiger partial charge in [-0.1, -0.05) is 13.8 Å². The number of nitrogens with zero attached hydrogens (tertiary/aromatic N) is 1. The third kappa shape index (κ3) is 4.85. The molecular formula is C25H32FN3O4. The van der Waals surface area contributed by atoms with Gasteiger partial charge in [-0.2, -0.15) is 0 Å². The smallest absolute Gasteiger partial charge is 0.294 e. The number of amides is 2. The standard InChI is InChI=1S/C25H32FN3O4/c1-13-11-16(7-9-18(13)26)27-23(32)20-14(2)21(29(6)15(20)3)22(31)24(33)28-19-10-8-17(30)12-25(19,4)5/h7,9,11,17,19,30H,8,10,12H2,1-6H3,(H,27,32)(H,28,33)/t17-,19-/m1/s1. The molecular weight excluding hydrogens is 425 g/mol. The van der Waals surface area contributed by atoms with Crippen molar-refractivity contribution in [1.82, 2.24) is 9.88 Å². The number of rotatable bonds is 5. The number of aliphatic hydroxyl groups is 1. The fourth-order valence-corrected chi connectivity index (χ4v) is 4.75. The highest BCUT2D eigenvalue weighted by molar-refractivity contribution is 6.43. The maximum atomic E-state index is 13.5. The highest BCUT2D eigenvalue weighted by Crippen LogP contribution is 2.35. The van der Waals surface area contributed by atoms with Crippen molar-refractivity contribution in [2.75, 3.05) is 5.32 Å². The van der Waals surface area contributed by atoms with Gasteiger partial charge >= 0.3 is 0 Å². The zero-order valence-corrected chi connectivity index (χ0v) is 20.0. The topological polar surface area (TPSA) is 100 Å². The van der Waals surface area contributed by atoms with Gasteiger partial charge in [-0.3, -0.25) is 14.4 Å². The Bertz CT molecular complexity index is 1120. The van der Waals surface area contributed by atoms with E-state index in [-0.39, 0.29) is 23.0 Å². The second kappa shape index (κ2) is 9.09. The van der Waals surface area contributed by atoms with Gasteiger partial charge in [0.1, 0.15) is 5.82 Å². The molecule has 0 spiro atoms. The summed E-state index contributed by atoms with van der Waals surface area (Å²) in [5.74, 6) is -2.24. The van der Waals surface area contributed by atoms with E-state index in [0.29, 0.717) is 47.3 Å². The van der Waals surface area contributed by atoms with E-state index in [1.165, 1.54) is 18.2 Å². The molecule has 7 nitrogen and oxygen atoms in total. The number of benzene rings is 1. The zero-order chi connectivity index (χ0) is 24.7. The normalized spacial score (nSPS) is 19.8. The first-order valence-electron chi connectivity index (χ1n) is 11.1. The summed E-state index contributed by atoms with van der Waals surface area (Å²) in [4.78, 5) is 39.0. The number of hydrogen-bond donors (Lipinski definition) is 3. The van der Waals surface area contributed by atoms with Crippen LogP contribution in [0.1, 0.15) is 70.8 Å². The SMILES string of the molecule is Cc1cc(NC(=O)c2c(C)c(C(=O)C(=O)N[C@@H]3CC[C@@H](O)CC3(C)C)n(C)c2C)ccc1F. The molecule has 1 saturated carbocycles. The molecule has 1 aliphatic rings. The summed E-state index contributed by atoms with van der Waals surface area (Å²) >= 11 is 0. The predicted molar refractivity (Wildman–Crippen MR) is 124 cm³/mol. The molecule has 1 aromatic heterocycles. The maximum Gasteiger partial charge on any atom is 0.294 e. The number of aryl methyl sites for hydroxylation is 1. The summed E-state index contributed by atoms with van der Waals surface area (Å²) in [6, 6.07) is 4.05. The summed E-state index contributed by atoms with van der Waals surface area (Å²) in [5.41, 5.74) is 1.90. The molecule has 0 bridgehead atoms. The van der Waals surface area contributed by atoms with E-state index in [0.717, 1.165) is 0 Å². The van der Waals surface area contributed by atoms with Crippen LogP contribution in [0, 0.1) is 32.0 Å². The van der Waals surface area contributed by atoms with Crippen LogP contribution in [0.3, 0.4) is 0 Å². The van der Waals surface area contributed by atoms with E-state index >= 15 is 0 Å². The quantitative estimate of drug-likeness (QED) is 0.472. The van der Waals surface area contributed by atoms with Gasteiger partial charge in [0.2, 0.25) is 0 Å². The van der Waals surface area contributed by atoms with Crippen LogP contribution in [0.5, 0.6) is 0 Å². The largest absolute Gasteiger partial charge is 0.393 e. The van der Waals surface area contributed by atoms with E-state index in [4.69, 9.17) is 0 Å². The molecule has 1 heterocycles. The van der Waals surface area contributed by atoms with Crippen LogP contribution in [0.2, 0.25) is 0 Å². The van der Waals surface area contributed by atoms with Crippen molar-refractivity contribution in [3.8, 4) is 0 Å². The maximum absolute atomic E-state index is 13.5. The molecule has 178 valence electrons. The lowest BCUT2D eigenvalue weighted by atomic mass is 9.72. The van der Waals surface area contributed by atoms with Crippen LogP contribution in [-0.4, -0.2) is 39.4 Å². The summed E-state index contributed by atoms with van der Waals surface area (Å²) in [5, 5.41) is 15.5. The van der Waals surface area contributed by atoms with E-state index in [1.807, 2.05) is 13.8 Å². The fourth-order valence-electron chi connectivity index (χ4n) is 4.75. The molecule has 1 aromatic carbocycles. The molecule has 2 atom stereocenters. The lowest BCUT2D eigenvalue weighted by Crippen LogP contribution is -2.51. The molecule has 2 amide bonds. The van der Waals surface area contributed by atoms with Crippen molar-refractivity contribution >= 4 is 23.3 Å². The Morgan fingerprint density at radius 3 is 2.42 bits per heavy atom. The minimum atomic E-state index is -0.728. The summed E-state index contributed by atoms with van der Waals surface area (Å²) < 4.78 is 15.1. The van der Waals surface area contributed by atoms with Crippen LogP contribution >= 0.6 is 0 Å². The molecule has 1 fully saturated rings. The van der Waals surface area contributed by atoms with E-state index in [1.54, 1.807) is 32.4 Å². The molecule has 8 heteroatoms. The minimum Gasteiger partial charge on any atom is -0.393 e. The number of carbonyl (C=O) groups is 3. The molecule has 0 aliphatic heterocycles. The van der Waals surface area contributed by atoms with Crippen molar-refractivity contribution in [1.29, 1.82) is 0 Å². The van der Waals surface area contributed by atoms with Gasteiger partial charge in [0, 0.05) is 24.5 Å². The van der Waals surface area contributed by atoms with Crippen molar-refractivity contribution in [2.45, 2.75) is 66.0 Å². The number of carbonyl (C=O) groups excluding carboxylic acids is 3. The first-order chi connectivity index (χ1) is 15.3. The van der Waals surface area contributed by atoms with E-state index < -0.39 is 23.7 Å². The summed E-state index contributed by atoms with van der Waals surface area (Å²) in [6.07, 6.45) is 1.29. The van der Waals surface area contributed by atoms with Gasteiger partial charge in [-0.15, -0.1) is 0 Å². The van der Waals surface area contributed by atoms with Crippen LogP contribution in [0.25, 0.3) is 0 Å². The fraction of sp³-hybridized carbons (Fsp3) is 0.480. The minimum absolute atomic E-state index is 0.152. The Labute approximate surface area is 193 Å². The van der Waals surface area contributed by atoms with Crippen molar-refractivity contribution in [3.05, 3.63) is 52.1 Å². The molecule has 0 saturated heterocycles. The molecule has 3 rings (SSSR count). The second-order valence-electron chi connectivity index (χ2n) is 9.69. The van der Waals surface area contributed by atoms with Crippen molar-refractivity contribution < 1.29 is 23.9 Å². The lowest BCUT2D eigenvalue weighted by molar-refractivity contribution is -0.119. The van der Waals surface area contributed by atoms with Crippen LogP contribution in [-0.2, 0) is 11.8 Å². The Hall–Kier alpha value is -3.00. The van der Waals surface area contributed by atoms with Gasteiger partial charge in [0.25, 0.3) is 17.6 Å². The Morgan fingerprint density at radius 1 is 1.15 bits per heavy atom. The number of anilines is 1. The summed E-state index contributed by atoms with van der Waals surface area (Å²) in [6.45, 7) is 8.87. The molecule has 0 radical (unpaired) electrons. The highest BCUT2D eigenvalue weighted by atomic mass is 19.1. The third-order valence-corrected chi connectivity index (χ3v) is 6.79. The Kier molecular flexibility index (Phi) is 6.79. The van der Waals surface area contributed by atoms with Gasteiger partial charge in [-0.25, -0.2) is 4.39 Å². The van der Waals surface area contributed by atoms with Crippen molar-refractivity contribution in [3.63, 3.8) is 0 Å². The van der Waals surface area contributed by atoms with Crippen LogP contribution in [0.4, 0.5) is 10.1 Å². The number of aliphatic hydroxyl groups excluding tert-OH is 1. The lowest BCUT2D eigenvalue weighted by Gasteiger charge is -2.41. The van der Waals surface area contributed by atoms with Gasteiger partial charge in [-0.05, 0) is 74.8 Å². The van der Waals surface area contributed by atoms with Crippen LogP contribution in [0.15, 0.2) is 18.2 Å². The molecule has 1 aliphatic carbocycles. The molecule has 0 unspecified atom stereocenters. The average Bonchev–Trinajstić information content (AvgIpc) is 2.94. The van der Waals surface area contributed by atoms with Gasteiger partial charge in [0.15, 0.2) is 0 Å². The highest BCUT2D eigenvalue weighted by Gasteiger charge is 2.38. The first kappa shape index (κ1) is 24.6. The number of aromatic nitrogens is 1. The number of nitrogens with one attached hydrogen (secondary N) is 2. The Balaban J connectivity index is 1.83. The Morgan fingerprint density at radius 2 is 1.82 bits per heavy atom. The van der Waals surface area contributed by atoms with Crippen LogP contribution < -0.4 is 10.6 Å². The number of hydrogen-bond acceptors (Lipinski definition) is 4. The molecule has 3 N–H and O–H groups in total. The van der Waals surface area contributed by atoms with E-state index in [2.05, 4.69) is 10.6 Å². The number of halogens is 1. The monoisotopic (exact) mass is 457 g/mol. The predicted octanol–water partition coefficient (Wildman–Crippen LogP) is 3.58. The van der Waals surface area contributed by atoms with Crippen molar-refractivity contribution in [2.24, 2.45) is 12.5 Å². The molecule has 2 aromatic rings. The van der Waals surface area contributed by atoms with Gasteiger partial charge in [0.05, 0.1) is 17.4 Å².